The van der Waals surface area contributed by atoms with E-state index >= 15 is 28.8 Å². The molecule has 15 rings (SSSR count). The largest absolute Gasteiger partial charge is 0.508 e. The second kappa shape index (κ2) is 34.6. The second-order valence-corrected chi connectivity index (χ2v) is 30.9. The SMILES string of the molecule is CCCCCCCNC(=O)NC(=O)CC1NC(=O)C(NC(=O)[C@@H](CC(C)C)NC)[C@H](O)c2ccc(c(Cl)c2)Oc2cc3cc(c2O[C@H]2O[C@H](CO)[C@@H](O)[C@H](O)[C@H]2O)Oc2ccc(cc2Cl)[C@@H](O)[C@@H]2NC(=O)[C@H](NC(=O)C3NC1=O)c1ccc(O)c(c1)-c1c(O)cc(O)cc1[C@H](C(=O)NC1C3CC4CC(C3)CC1C4)NC2=O. The number of unbranched alkanes of at least 4 members (excludes halogenated alkanes) is 4. The molecule has 14 atom stereocenters. The molecule has 0 spiro atoms. The maximum absolute atomic E-state index is 16.3. The quantitative estimate of drug-likeness (QED) is 0.0550. The number of phenolic OH excluding ortho intramolecular Hbond substituents is 3. The van der Waals surface area contributed by atoms with E-state index in [1.165, 1.54) is 31.3 Å². The monoisotopic (exact) mass is 1580 g/mol. The molecule has 596 valence electrons. The van der Waals surface area contributed by atoms with Crippen LogP contribution >= 0.6 is 23.2 Å². The first kappa shape index (κ1) is 80.9. The summed E-state index contributed by atoms with van der Waals surface area (Å²) in [7, 11) is 1.48. The highest BCUT2D eigenvalue weighted by Crippen LogP contribution is 2.55. The number of aliphatic hydroxyl groups excluding tert-OH is 6. The van der Waals surface area contributed by atoms with E-state index in [1.807, 2.05) is 20.8 Å². The Bertz CT molecular complexity index is 4370. The van der Waals surface area contributed by atoms with Gasteiger partial charge < -0.3 is 113 Å². The fraction of sp³-hybridized carbons (Fsp3) is 0.494. The van der Waals surface area contributed by atoms with Gasteiger partial charge in [0.2, 0.25) is 59.3 Å². The highest BCUT2D eigenvalue weighted by Gasteiger charge is 2.51. The van der Waals surface area contributed by atoms with Gasteiger partial charge in [-0.2, -0.15) is 0 Å². The summed E-state index contributed by atoms with van der Waals surface area (Å²) in [6, 6.07) is -0.836. The van der Waals surface area contributed by atoms with Gasteiger partial charge in [-0.05, 0) is 164 Å². The summed E-state index contributed by atoms with van der Waals surface area (Å²) in [6.07, 6.45) is -6.58. The molecule has 4 aliphatic carbocycles. The van der Waals surface area contributed by atoms with Crippen LogP contribution < -0.4 is 67.4 Å². The van der Waals surface area contributed by atoms with E-state index < -0.39 is 197 Å². The normalized spacial score (nSPS) is 28.5. The fourth-order valence-electron chi connectivity index (χ4n) is 16.3. The van der Waals surface area contributed by atoms with Crippen LogP contribution in [0, 0.1) is 29.6 Å². The third-order valence-electron chi connectivity index (χ3n) is 21.7. The van der Waals surface area contributed by atoms with Gasteiger partial charge in [0, 0.05) is 29.8 Å². The average molecular weight is 1580 g/mol. The van der Waals surface area contributed by atoms with Gasteiger partial charge in [-0.1, -0.05) is 87.9 Å². The zero-order valence-corrected chi connectivity index (χ0v) is 62.6. The number of urea groups is 1. The fourth-order valence-corrected chi connectivity index (χ4v) is 16.7. The first-order chi connectivity index (χ1) is 53.0. The number of nitrogens with one attached hydrogen (secondary N) is 10. The summed E-state index contributed by atoms with van der Waals surface area (Å²) in [5.74, 6) is -13.3. The lowest BCUT2D eigenvalue weighted by Gasteiger charge is -2.54. The van der Waals surface area contributed by atoms with Crippen molar-refractivity contribution < 1.29 is 108 Å². The van der Waals surface area contributed by atoms with E-state index in [0.717, 1.165) is 112 Å². The smallest absolute Gasteiger partial charge is 0.321 e. The lowest BCUT2D eigenvalue weighted by molar-refractivity contribution is -0.277. The van der Waals surface area contributed by atoms with Gasteiger partial charge in [0.1, 0.15) is 102 Å². The lowest BCUT2D eigenvalue weighted by Crippen LogP contribution is -2.60. The minimum absolute atomic E-state index is 0.0739. The van der Waals surface area contributed by atoms with Crippen LogP contribution in [0.15, 0.2) is 78.9 Å². The highest BCUT2D eigenvalue weighted by atomic mass is 35.5. The number of benzene rings is 5. The minimum Gasteiger partial charge on any atom is -0.508 e. The number of phenols is 3. The van der Waals surface area contributed by atoms with Gasteiger partial charge >= 0.3 is 6.03 Å². The molecule has 1 saturated heterocycles. The molecule has 6 aliphatic heterocycles. The van der Waals surface area contributed by atoms with Crippen molar-refractivity contribution in [3.63, 3.8) is 0 Å². The average Bonchev–Trinajstić information content (AvgIpc) is 0.765. The van der Waals surface area contributed by atoms with Gasteiger partial charge in [0.25, 0.3) is 0 Å². The van der Waals surface area contributed by atoms with Crippen molar-refractivity contribution in [3.8, 4) is 57.1 Å². The molecular formula is C77H92Cl2N10O22. The maximum atomic E-state index is 16.3. The molecule has 19 N–H and O–H groups in total. The molecule has 0 aromatic heterocycles. The van der Waals surface area contributed by atoms with Gasteiger partial charge in [0.15, 0.2) is 11.5 Å². The Kier molecular flexibility index (Phi) is 25.2. The van der Waals surface area contributed by atoms with Gasteiger partial charge in [-0.25, -0.2) is 4.79 Å². The Morgan fingerprint density at radius 3 is 1.86 bits per heavy atom. The van der Waals surface area contributed by atoms with E-state index in [4.69, 9.17) is 42.1 Å². The van der Waals surface area contributed by atoms with Crippen molar-refractivity contribution in [3.05, 3.63) is 117 Å². The van der Waals surface area contributed by atoms with Crippen LogP contribution in [0.25, 0.3) is 11.1 Å². The molecule has 6 heterocycles. The summed E-state index contributed by atoms with van der Waals surface area (Å²) in [5.41, 5.74) is -2.13. The zero-order chi connectivity index (χ0) is 79.5. The predicted molar refractivity (Wildman–Crippen MR) is 395 cm³/mol. The standard InChI is InChI=1S/C77H92Cl2N10O22/c1-5-6-7-8-9-16-81-77(107)83-55(94)30-47-70(101)85-59-40-26-52(108-50-14-11-36(24-44(50)78)63(95)61(74(105)82-47)88-69(100)46(80-4)17-32(2)3)68(111-76-67(99)66(98)65(97)54(31-90)110-76)53(27-40)109-51-15-12-37(25-45(51)79)64(96)62-75(106)87-60(73(104)84-57-38-19-33-18-34(21-38)22-39(57)20-33)43-28-41(91)29-49(93)56(43)42-23-35(10-13-48(42)92)58(71(102)89-62)86-72(59)103/h10-15,23-29,32-34,38-39,46-47,54,57-67,76,80,90-93,95-99H,5-9,16-22,30-31H2,1-4H3,(H,82,105)(H,84,104)(H,85,101)(H,86,103)(H,87,106)(H,88,100)(H,89,102)(H2,81,83,94,107)/t33?,34?,38?,39?,46-,47?,54-,57?,58-,59?,60-,61?,62+,63-,64-,65-,66+,67-,76-/m1/s1. The number of carbonyl (C=O) groups is 9. The number of fused-ring (bicyclic) bond motifs is 15. The Hall–Kier alpha value is -9.61. The number of hydrogen-bond acceptors (Lipinski definition) is 23. The second-order valence-electron chi connectivity index (χ2n) is 30.1. The van der Waals surface area contributed by atoms with Crippen molar-refractivity contribution in [2.45, 2.75) is 189 Å². The molecule has 5 aromatic carbocycles. The molecule has 5 fully saturated rings. The van der Waals surface area contributed by atoms with Gasteiger partial charge in [-0.15, -0.1) is 0 Å². The topological polar surface area (TPSA) is 493 Å². The Morgan fingerprint density at radius 1 is 0.622 bits per heavy atom. The van der Waals surface area contributed by atoms with Crippen molar-refractivity contribution in [1.82, 2.24) is 53.2 Å². The summed E-state index contributed by atoms with van der Waals surface area (Å²) in [5, 5.41) is 130. The van der Waals surface area contributed by atoms with E-state index in [9.17, 15) is 60.3 Å². The van der Waals surface area contributed by atoms with Crippen molar-refractivity contribution in [2.24, 2.45) is 29.6 Å². The molecule has 34 heteroatoms. The predicted octanol–water partition coefficient (Wildman–Crippen LogP) is 4.04. The first-order valence-corrected chi connectivity index (χ1v) is 38.0. The van der Waals surface area contributed by atoms with Crippen molar-refractivity contribution in [1.29, 1.82) is 0 Å². The Labute approximate surface area is 647 Å². The molecular weight excluding hydrogens is 1490 g/mol. The molecule has 3 unspecified atom stereocenters. The lowest BCUT2D eigenvalue weighted by atomic mass is 9.54. The molecule has 4 saturated carbocycles. The van der Waals surface area contributed by atoms with Crippen LogP contribution in [-0.2, 0) is 43.1 Å². The summed E-state index contributed by atoms with van der Waals surface area (Å²) >= 11 is 14.2. The van der Waals surface area contributed by atoms with Crippen LogP contribution in [0.4, 0.5) is 4.79 Å². The number of aromatic hydroxyl groups is 3. The van der Waals surface area contributed by atoms with Gasteiger partial charge in [-0.3, -0.25) is 43.7 Å². The number of ether oxygens (including phenoxy) is 4. The molecule has 111 heavy (non-hydrogen) atoms. The minimum atomic E-state index is -2.36. The van der Waals surface area contributed by atoms with Crippen LogP contribution in [0.5, 0.6) is 46.0 Å². The zero-order valence-electron chi connectivity index (χ0n) is 61.0. The van der Waals surface area contributed by atoms with Crippen LogP contribution in [-0.4, -0.2) is 180 Å². The number of aliphatic hydroxyl groups is 6. The van der Waals surface area contributed by atoms with E-state index in [-0.39, 0.29) is 86.7 Å². The number of halogens is 2. The Balaban J connectivity index is 1.05. The van der Waals surface area contributed by atoms with Crippen molar-refractivity contribution in [2.75, 3.05) is 20.2 Å². The maximum Gasteiger partial charge on any atom is 0.321 e. The third-order valence-corrected chi connectivity index (χ3v) is 22.3. The molecule has 0 radical (unpaired) electrons. The highest BCUT2D eigenvalue weighted by molar-refractivity contribution is 6.32. The van der Waals surface area contributed by atoms with Crippen LogP contribution in [0.3, 0.4) is 0 Å². The summed E-state index contributed by atoms with van der Waals surface area (Å²) in [4.78, 5) is 136. The molecule has 15 bridgehead atoms. The number of imide groups is 1. The number of likely N-dealkylation sites (N-methyl/N-ethyl adjacent to an activating group) is 1. The number of carbonyl (C=O) groups excluding carboxylic acids is 9. The van der Waals surface area contributed by atoms with E-state index in [2.05, 4.69) is 53.2 Å². The molecule has 5 aromatic rings. The van der Waals surface area contributed by atoms with Crippen LogP contribution in [0.2, 0.25) is 10.0 Å². The van der Waals surface area contributed by atoms with E-state index in [0.29, 0.717) is 18.3 Å². The molecule has 10 aliphatic rings. The van der Waals surface area contributed by atoms with Gasteiger partial charge in [0.05, 0.1) is 29.1 Å². The van der Waals surface area contributed by atoms with Crippen LogP contribution in [0.1, 0.15) is 156 Å². The molecule has 32 nitrogen and oxygen atoms in total. The number of hydrogen-bond donors (Lipinski definition) is 19. The molecule has 10 amide bonds. The Morgan fingerprint density at radius 2 is 1.23 bits per heavy atom. The first-order valence-electron chi connectivity index (χ1n) is 37.2. The number of rotatable bonds is 18. The summed E-state index contributed by atoms with van der Waals surface area (Å²) in [6.45, 7) is 4.85. The summed E-state index contributed by atoms with van der Waals surface area (Å²) < 4.78 is 25.4. The van der Waals surface area contributed by atoms with E-state index in [1.54, 1.807) is 0 Å². The number of amides is 10. The third kappa shape index (κ3) is 17.8. The van der Waals surface area contributed by atoms with Crippen molar-refractivity contribution >= 4 is 76.5 Å².